The molecule has 0 aliphatic heterocycles. The van der Waals surface area contributed by atoms with Crippen LogP contribution in [-0.2, 0) is 14.3 Å². The average molecular weight is 362 g/mol. The standard InChI is InChI=1S/C19H20ClNO4/c1-12-4-6-14(3)16(8-12)21-18(22)10-25-19(23)11-24-17-9-13(2)5-7-15(17)20/h4-9H,10-11H2,1-3H3,(H,21,22). The highest BCUT2D eigenvalue weighted by atomic mass is 35.5. The molecule has 0 saturated carbocycles. The van der Waals surface area contributed by atoms with Crippen molar-refractivity contribution >= 4 is 29.2 Å². The number of nitrogens with one attached hydrogen (secondary N) is 1. The van der Waals surface area contributed by atoms with E-state index in [1.165, 1.54) is 0 Å². The van der Waals surface area contributed by atoms with Gasteiger partial charge in [-0.05, 0) is 55.7 Å². The highest BCUT2D eigenvalue weighted by Gasteiger charge is 2.11. The zero-order valence-corrected chi connectivity index (χ0v) is 15.1. The van der Waals surface area contributed by atoms with Crippen LogP contribution in [0.1, 0.15) is 16.7 Å². The van der Waals surface area contributed by atoms with Crippen molar-refractivity contribution in [1.82, 2.24) is 0 Å². The summed E-state index contributed by atoms with van der Waals surface area (Å²) in [5.74, 6) is -0.650. The number of ether oxygens (including phenoxy) is 2. The Kier molecular flexibility index (Phi) is 6.42. The van der Waals surface area contributed by atoms with E-state index in [4.69, 9.17) is 21.1 Å². The fourth-order valence-corrected chi connectivity index (χ4v) is 2.27. The zero-order valence-electron chi connectivity index (χ0n) is 14.4. The maximum Gasteiger partial charge on any atom is 0.344 e. The molecule has 2 aromatic carbocycles. The number of benzene rings is 2. The Bertz CT molecular complexity index is 789. The van der Waals surface area contributed by atoms with Crippen LogP contribution in [0.3, 0.4) is 0 Å². The SMILES string of the molecule is Cc1ccc(C)c(NC(=O)COC(=O)COc2cc(C)ccc2Cl)c1. The van der Waals surface area contributed by atoms with Crippen LogP contribution < -0.4 is 10.1 Å². The number of carbonyl (C=O) groups is 2. The molecule has 25 heavy (non-hydrogen) atoms. The number of esters is 1. The van der Waals surface area contributed by atoms with Crippen LogP contribution in [0.15, 0.2) is 36.4 Å². The predicted molar refractivity (Wildman–Crippen MR) is 97.2 cm³/mol. The molecule has 0 atom stereocenters. The minimum absolute atomic E-state index is 0.320. The molecule has 1 N–H and O–H groups in total. The third kappa shape index (κ3) is 5.80. The van der Waals surface area contributed by atoms with E-state index >= 15 is 0 Å². The van der Waals surface area contributed by atoms with Crippen LogP contribution in [0, 0.1) is 20.8 Å². The molecule has 1 amide bonds. The van der Waals surface area contributed by atoms with E-state index in [1.54, 1.807) is 12.1 Å². The maximum absolute atomic E-state index is 11.9. The van der Waals surface area contributed by atoms with Gasteiger partial charge in [0, 0.05) is 5.69 Å². The van der Waals surface area contributed by atoms with E-state index in [0.29, 0.717) is 16.5 Å². The first kappa shape index (κ1) is 18.8. The van der Waals surface area contributed by atoms with Crippen LogP contribution in [-0.4, -0.2) is 25.1 Å². The predicted octanol–water partition coefficient (Wildman–Crippen LogP) is 3.83. The molecule has 2 rings (SSSR count). The second kappa shape index (κ2) is 8.53. The number of hydrogen-bond donors (Lipinski definition) is 1. The van der Waals surface area contributed by atoms with Crippen molar-refractivity contribution in [2.45, 2.75) is 20.8 Å². The van der Waals surface area contributed by atoms with Gasteiger partial charge in [0.1, 0.15) is 5.75 Å². The van der Waals surface area contributed by atoms with Crippen molar-refractivity contribution < 1.29 is 19.1 Å². The van der Waals surface area contributed by atoms with Gasteiger partial charge < -0.3 is 14.8 Å². The fourth-order valence-electron chi connectivity index (χ4n) is 2.10. The Balaban J connectivity index is 1.80. The molecule has 0 radical (unpaired) electrons. The normalized spacial score (nSPS) is 10.2. The van der Waals surface area contributed by atoms with Crippen LogP contribution in [0.5, 0.6) is 5.75 Å². The molecule has 0 spiro atoms. The monoisotopic (exact) mass is 361 g/mol. The van der Waals surface area contributed by atoms with E-state index < -0.39 is 11.9 Å². The Hall–Kier alpha value is -2.53. The van der Waals surface area contributed by atoms with Gasteiger partial charge in [-0.1, -0.05) is 29.8 Å². The smallest absolute Gasteiger partial charge is 0.344 e. The first-order valence-corrected chi connectivity index (χ1v) is 8.14. The van der Waals surface area contributed by atoms with Gasteiger partial charge in [0.05, 0.1) is 5.02 Å². The van der Waals surface area contributed by atoms with E-state index in [0.717, 1.165) is 16.7 Å². The molecule has 0 saturated heterocycles. The third-order valence-corrected chi connectivity index (χ3v) is 3.78. The second-order valence-electron chi connectivity index (χ2n) is 5.75. The number of halogens is 1. The van der Waals surface area contributed by atoms with Gasteiger partial charge in [-0.3, -0.25) is 4.79 Å². The molecular formula is C19H20ClNO4. The molecule has 0 aliphatic carbocycles. The summed E-state index contributed by atoms with van der Waals surface area (Å²) in [6, 6.07) is 11.0. The van der Waals surface area contributed by atoms with Gasteiger partial charge in [-0.25, -0.2) is 4.79 Å². The molecule has 0 heterocycles. The second-order valence-corrected chi connectivity index (χ2v) is 6.16. The van der Waals surface area contributed by atoms with Crippen LogP contribution in [0.25, 0.3) is 0 Å². The molecule has 2 aromatic rings. The van der Waals surface area contributed by atoms with E-state index in [1.807, 2.05) is 45.0 Å². The molecule has 5 nitrogen and oxygen atoms in total. The number of amides is 1. The summed E-state index contributed by atoms with van der Waals surface area (Å²) in [5.41, 5.74) is 3.62. The number of aryl methyl sites for hydroxylation is 3. The minimum atomic E-state index is -0.645. The average Bonchev–Trinajstić information content (AvgIpc) is 2.57. The van der Waals surface area contributed by atoms with Gasteiger partial charge >= 0.3 is 5.97 Å². The van der Waals surface area contributed by atoms with Crippen molar-refractivity contribution in [3.05, 3.63) is 58.1 Å². The molecule has 0 unspecified atom stereocenters. The summed E-state index contributed by atoms with van der Waals surface area (Å²) < 4.78 is 10.2. The first-order chi connectivity index (χ1) is 11.8. The summed E-state index contributed by atoms with van der Waals surface area (Å²) in [4.78, 5) is 23.6. The number of rotatable bonds is 6. The Labute approximate surface area is 151 Å². The van der Waals surface area contributed by atoms with Gasteiger partial charge in [0.25, 0.3) is 5.91 Å². The van der Waals surface area contributed by atoms with Gasteiger partial charge in [0.2, 0.25) is 0 Å². The van der Waals surface area contributed by atoms with Crippen molar-refractivity contribution in [2.75, 3.05) is 18.5 Å². The summed E-state index contributed by atoms with van der Waals surface area (Å²) in [7, 11) is 0. The topological polar surface area (TPSA) is 64.6 Å². The van der Waals surface area contributed by atoms with Gasteiger partial charge in [-0.15, -0.1) is 0 Å². The number of carbonyl (C=O) groups excluding carboxylic acids is 2. The van der Waals surface area contributed by atoms with E-state index in [9.17, 15) is 9.59 Å². The number of hydrogen-bond acceptors (Lipinski definition) is 4. The maximum atomic E-state index is 11.9. The lowest BCUT2D eigenvalue weighted by atomic mass is 10.1. The van der Waals surface area contributed by atoms with Crippen molar-refractivity contribution in [3.63, 3.8) is 0 Å². The molecule has 0 bridgehead atoms. The highest BCUT2D eigenvalue weighted by molar-refractivity contribution is 6.32. The first-order valence-electron chi connectivity index (χ1n) is 7.77. The van der Waals surface area contributed by atoms with Crippen LogP contribution in [0.2, 0.25) is 5.02 Å². The third-order valence-electron chi connectivity index (χ3n) is 3.46. The van der Waals surface area contributed by atoms with E-state index in [2.05, 4.69) is 5.32 Å². The lowest BCUT2D eigenvalue weighted by Gasteiger charge is -2.11. The summed E-state index contributed by atoms with van der Waals surface area (Å²) >= 11 is 5.98. The highest BCUT2D eigenvalue weighted by Crippen LogP contribution is 2.25. The van der Waals surface area contributed by atoms with Crippen molar-refractivity contribution in [1.29, 1.82) is 0 Å². The Morgan fingerprint density at radius 1 is 1.00 bits per heavy atom. The molecule has 0 fully saturated rings. The van der Waals surface area contributed by atoms with Gasteiger partial charge in [0.15, 0.2) is 13.2 Å². The quantitative estimate of drug-likeness (QED) is 0.794. The van der Waals surface area contributed by atoms with Crippen LogP contribution in [0.4, 0.5) is 5.69 Å². The molecule has 0 aliphatic rings. The minimum Gasteiger partial charge on any atom is -0.480 e. The molecule has 0 aromatic heterocycles. The zero-order chi connectivity index (χ0) is 18.4. The lowest BCUT2D eigenvalue weighted by Crippen LogP contribution is -2.24. The largest absolute Gasteiger partial charge is 0.480 e. The van der Waals surface area contributed by atoms with Crippen LogP contribution >= 0.6 is 11.6 Å². The van der Waals surface area contributed by atoms with Crippen molar-refractivity contribution in [2.24, 2.45) is 0 Å². The number of anilines is 1. The summed E-state index contributed by atoms with van der Waals surface area (Å²) in [6.07, 6.45) is 0. The summed E-state index contributed by atoms with van der Waals surface area (Å²) in [5, 5.41) is 3.13. The lowest BCUT2D eigenvalue weighted by molar-refractivity contribution is -0.149. The fraction of sp³-hybridized carbons (Fsp3) is 0.263. The Morgan fingerprint density at radius 3 is 2.44 bits per heavy atom. The Morgan fingerprint density at radius 2 is 1.68 bits per heavy atom. The molecular weight excluding hydrogens is 342 g/mol. The van der Waals surface area contributed by atoms with Gasteiger partial charge in [-0.2, -0.15) is 0 Å². The molecule has 132 valence electrons. The van der Waals surface area contributed by atoms with Crippen molar-refractivity contribution in [3.8, 4) is 5.75 Å². The van der Waals surface area contributed by atoms with E-state index in [-0.39, 0.29) is 13.2 Å². The molecule has 6 heteroatoms. The summed E-state index contributed by atoms with van der Waals surface area (Å²) in [6.45, 7) is 5.01.